The molecule has 3 N–H and O–H groups in total. The molecule has 0 aromatic rings. The lowest BCUT2D eigenvalue weighted by molar-refractivity contribution is -0.144. The minimum Gasteiger partial charge on any atom is -0.481 e. The molecule has 0 rings (SSSR count). The van der Waals surface area contributed by atoms with Crippen molar-refractivity contribution in [2.45, 2.75) is 25.1 Å². The molecule has 0 aliphatic heterocycles. The van der Waals surface area contributed by atoms with Gasteiger partial charge in [0, 0.05) is 6.42 Å². The molecule has 0 aliphatic rings. The minimum atomic E-state index is -4.52. The van der Waals surface area contributed by atoms with Crippen LogP contribution < -0.4 is 5.32 Å². The first kappa shape index (κ1) is 13.7. The molecule has 0 bridgehead atoms. The van der Waals surface area contributed by atoms with Crippen molar-refractivity contribution in [2.24, 2.45) is 0 Å². The van der Waals surface area contributed by atoms with E-state index in [0.29, 0.717) is 0 Å². The van der Waals surface area contributed by atoms with E-state index in [1.165, 1.54) is 0 Å². The molecule has 0 radical (unpaired) electrons. The Morgan fingerprint density at radius 1 is 1.27 bits per heavy atom. The minimum absolute atomic E-state index is 0.388. The third-order valence-corrected chi connectivity index (χ3v) is 1.49. The molecule has 5 nitrogen and oxygen atoms in total. The summed E-state index contributed by atoms with van der Waals surface area (Å²) in [5.41, 5.74) is 0. The average molecular weight is 229 g/mol. The maximum atomic E-state index is 11.7. The summed E-state index contributed by atoms with van der Waals surface area (Å²) >= 11 is 0. The van der Waals surface area contributed by atoms with Crippen LogP contribution in [0.3, 0.4) is 0 Å². The van der Waals surface area contributed by atoms with Crippen molar-refractivity contribution in [3.63, 3.8) is 0 Å². The molecule has 0 saturated carbocycles. The van der Waals surface area contributed by atoms with Crippen molar-refractivity contribution in [1.82, 2.24) is 5.32 Å². The average Bonchev–Trinajstić information content (AvgIpc) is 2.00. The van der Waals surface area contributed by atoms with Gasteiger partial charge in [-0.1, -0.05) is 0 Å². The molecular weight excluding hydrogens is 219 g/mol. The zero-order chi connectivity index (χ0) is 12.1. The van der Waals surface area contributed by atoms with E-state index in [1.54, 1.807) is 5.32 Å². The topological polar surface area (TPSA) is 86.6 Å². The summed E-state index contributed by atoms with van der Waals surface area (Å²) in [6.45, 7) is -1.45. The van der Waals surface area contributed by atoms with Gasteiger partial charge in [0.2, 0.25) is 0 Å². The Kier molecular flexibility index (Phi) is 5.06. The van der Waals surface area contributed by atoms with Gasteiger partial charge in [0.25, 0.3) is 0 Å². The van der Waals surface area contributed by atoms with Crippen LogP contribution in [0.15, 0.2) is 0 Å². The quantitative estimate of drug-likeness (QED) is 0.615. The maximum absolute atomic E-state index is 11.7. The Morgan fingerprint density at radius 3 is 2.13 bits per heavy atom. The van der Waals surface area contributed by atoms with Crippen LogP contribution in [-0.2, 0) is 9.59 Å². The molecule has 0 spiro atoms. The predicted octanol–water partition coefficient (Wildman–Crippen LogP) is 0.456. The molecule has 0 fully saturated rings. The molecule has 8 heteroatoms. The standard InChI is InChI=1S/C7H10F3NO4/c8-7(9,10)3-11-4(6(14)15)1-2-5(12)13/h4,11H,1-3H2,(H,12,13)(H,14,15). The van der Waals surface area contributed by atoms with Gasteiger partial charge in [-0.25, -0.2) is 0 Å². The number of carboxylic acid groups (broad SMARTS) is 2. The lowest BCUT2D eigenvalue weighted by Crippen LogP contribution is -2.42. The number of hydrogen-bond donors (Lipinski definition) is 3. The second-order valence-electron chi connectivity index (χ2n) is 2.82. The summed E-state index contributed by atoms with van der Waals surface area (Å²) in [5.74, 6) is -2.75. The van der Waals surface area contributed by atoms with E-state index < -0.39 is 37.1 Å². The number of nitrogens with one attached hydrogen (secondary N) is 1. The van der Waals surface area contributed by atoms with Crippen molar-refractivity contribution in [2.75, 3.05) is 6.54 Å². The normalized spacial score (nSPS) is 13.5. The van der Waals surface area contributed by atoms with E-state index in [0.717, 1.165) is 0 Å². The van der Waals surface area contributed by atoms with Gasteiger partial charge in [-0.15, -0.1) is 0 Å². The summed E-state index contributed by atoms with van der Waals surface area (Å²) < 4.78 is 35.1. The summed E-state index contributed by atoms with van der Waals surface area (Å²) in [6.07, 6.45) is -5.40. The lowest BCUT2D eigenvalue weighted by atomic mass is 10.1. The Labute approximate surface area is 82.9 Å². The summed E-state index contributed by atoms with van der Waals surface area (Å²) in [6, 6.07) is -1.50. The second-order valence-corrected chi connectivity index (χ2v) is 2.82. The van der Waals surface area contributed by atoms with Gasteiger partial charge in [0.05, 0.1) is 6.54 Å². The number of aliphatic carboxylic acids is 2. The molecule has 1 unspecified atom stereocenters. The molecule has 1 atom stereocenters. The molecule has 0 saturated heterocycles. The third kappa shape index (κ3) is 7.74. The molecule has 0 aliphatic carbocycles. The van der Waals surface area contributed by atoms with Crippen LogP contribution >= 0.6 is 0 Å². The van der Waals surface area contributed by atoms with Crippen molar-refractivity contribution in [3.05, 3.63) is 0 Å². The number of alkyl halides is 3. The molecule has 0 heterocycles. The zero-order valence-corrected chi connectivity index (χ0v) is 7.54. The van der Waals surface area contributed by atoms with Gasteiger partial charge >= 0.3 is 18.1 Å². The Balaban J connectivity index is 4.06. The second kappa shape index (κ2) is 5.54. The van der Waals surface area contributed by atoms with Gasteiger partial charge < -0.3 is 10.2 Å². The monoisotopic (exact) mass is 229 g/mol. The van der Waals surface area contributed by atoms with Crippen LogP contribution in [0.25, 0.3) is 0 Å². The first-order valence-corrected chi connectivity index (χ1v) is 3.97. The number of hydrogen-bond acceptors (Lipinski definition) is 3. The van der Waals surface area contributed by atoms with Gasteiger partial charge in [-0.05, 0) is 6.42 Å². The van der Waals surface area contributed by atoms with E-state index in [-0.39, 0.29) is 6.42 Å². The molecule has 15 heavy (non-hydrogen) atoms. The van der Waals surface area contributed by atoms with Crippen molar-refractivity contribution in [1.29, 1.82) is 0 Å². The number of rotatable bonds is 6. The first-order valence-electron chi connectivity index (χ1n) is 3.97. The largest absolute Gasteiger partial charge is 0.481 e. The number of halogens is 3. The van der Waals surface area contributed by atoms with E-state index in [4.69, 9.17) is 10.2 Å². The van der Waals surface area contributed by atoms with Gasteiger partial charge in [0.1, 0.15) is 6.04 Å². The summed E-state index contributed by atoms with van der Waals surface area (Å²) in [5, 5.41) is 18.4. The van der Waals surface area contributed by atoms with Gasteiger partial charge in [-0.2, -0.15) is 13.2 Å². The van der Waals surface area contributed by atoms with Crippen LogP contribution in [0, 0.1) is 0 Å². The summed E-state index contributed by atoms with van der Waals surface area (Å²) in [4.78, 5) is 20.5. The van der Waals surface area contributed by atoms with Crippen LogP contribution in [-0.4, -0.2) is 40.9 Å². The molecule has 0 aromatic carbocycles. The fourth-order valence-corrected chi connectivity index (χ4v) is 0.820. The van der Waals surface area contributed by atoms with Crippen molar-refractivity contribution >= 4 is 11.9 Å². The van der Waals surface area contributed by atoms with E-state index >= 15 is 0 Å². The fraction of sp³-hybridized carbons (Fsp3) is 0.714. The van der Waals surface area contributed by atoms with Gasteiger partial charge in [0.15, 0.2) is 0 Å². The number of carbonyl (C=O) groups is 2. The highest BCUT2D eigenvalue weighted by Gasteiger charge is 2.30. The molecule has 88 valence electrons. The van der Waals surface area contributed by atoms with Crippen LogP contribution in [0.2, 0.25) is 0 Å². The molecule has 0 aromatic heterocycles. The van der Waals surface area contributed by atoms with Crippen LogP contribution in [0.1, 0.15) is 12.8 Å². The molecule has 0 amide bonds. The zero-order valence-electron chi connectivity index (χ0n) is 7.54. The van der Waals surface area contributed by atoms with E-state index in [1.807, 2.05) is 0 Å². The predicted molar refractivity (Wildman–Crippen MR) is 42.4 cm³/mol. The van der Waals surface area contributed by atoms with Crippen molar-refractivity contribution in [3.8, 4) is 0 Å². The highest BCUT2D eigenvalue weighted by Crippen LogP contribution is 2.13. The van der Waals surface area contributed by atoms with E-state index in [2.05, 4.69) is 0 Å². The Bertz CT molecular complexity index is 241. The van der Waals surface area contributed by atoms with Crippen molar-refractivity contribution < 1.29 is 33.0 Å². The van der Waals surface area contributed by atoms with Crippen LogP contribution in [0.5, 0.6) is 0 Å². The fourth-order valence-electron chi connectivity index (χ4n) is 0.820. The lowest BCUT2D eigenvalue weighted by Gasteiger charge is -2.14. The highest BCUT2D eigenvalue weighted by atomic mass is 19.4. The first-order chi connectivity index (χ1) is 6.72. The van der Waals surface area contributed by atoms with Crippen LogP contribution in [0.4, 0.5) is 13.2 Å². The van der Waals surface area contributed by atoms with E-state index in [9.17, 15) is 22.8 Å². The molecular formula is C7H10F3NO4. The smallest absolute Gasteiger partial charge is 0.401 e. The SMILES string of the molecule is O=C(O)CCC(NCC(F)(F)F)C(=O)O. The maximum Gasteiger partial charge on any atom is 0.401 e. The number of carboxylic acids is 2. The Hall–Kier alpha value is -1.31. The summed E-state index contributed by atoms with van der Waals surface area (Å²) in [7, 11) is 0. The third-order valence-electron chi connectivity index (χ3n) is 1.49. The highest BCUT2D eigenvalue weighted by molar-refractivity contribution is 5.75. The Morgan fingerprint density at radius 2 is 1.80 bits per heavy atom. The van der Waals surface area contributed by atoms with Gasteiger partial charge in [-0.3, -0.25) is 14.9 Å².